The molecule has 2 amide bonds. The van der Waals surface area contributed by atoms with Crippen molar-refractivity contribution in [3.05, 3.63) is 64.7 Å². The number of aryl methyl sites for hydroxylation is 2. The van der Waals surface area contributed by atoms with Crippen LogP contribution in [0.1, 0.15) is 70.4 Å². The van der Waals surface area contributed by atoms with Crippen molar-refractivity contribution < 1.29 is 24.2 Å². The Morgan fingerprint density at radius 3 is 2.03 bits per heavy atom. The molecular weight excluding hydrogens is 432 g/mol. The lowest BCUT2D eigenvalue weighted by Crippen LogP contribution is -2.34. The maximum atomic E-state index is 12.4. The van der Waals surface area contributed by atoms with Crippen molar-refractivity contribution in [1.29, 1.82) is 0 Å². The van der Waals surface area contributed by atoms with Crippen molar-refractivity contribution in [3.63, 3.8) is 0 Å². The molecule has 2 aromatic rings. The molecular formula is C27H32N2O5. The Labute approximate surface area is 199 Å². The van der Waals surface area contributed by atoms with E-state index in [4.69, 9.17) is 9.84 Å². The standard InChI is InChI=1S/C27H32N2O5/c30-25(19-7-11-23(12-8-19)34-24-13-9-20(10-14-24)27(32)33)28-15-16-29-26(31)22-6-5-18-3-1-2-4-21(18)17-22/h5-8,11-12,17,20,24H,1-4,9-10,13-16H2,(H,28,30)(H,29,31)(H,32,33)/t20-,24+. The summed E-state index contributed by atoms with van der Waals surface area (Å²) in [6.07, 6.45) is 7.20. The SMILES string of the molecule is O=C(NCCNC(=O)c1ccc2c(c1)CCCC2)c1ccc(O[C@H]2CC[C@@H](C(=O)O)CC2)cc1. The highest BCUT2D eigenvalue weighted by Gasteiger charge is 2.26. The van der Waals surface area contributed by atoms with Gasteiger partial charge in [-0.15, -0.1) is 0 Å². The van der Waals surface area contributed by atoms with E-state index < -0.39 is 5.97 Å². The van der Waals surface area contributed by atoms with Gasteiger partial charge in [-0.3, -0.25) is 14.4 Å². The normalized spacial score (nSPS) is 19.5. The van der Waals surface area contributed by atoms with E-state index in [-0.39, 0.29) is 23.8 Å². The quantitative estimate of drug-likeness (QED) is 0.516. The fourth-order valence-electron chi connectivity index (χ4n) is 4.74. The van der Waals surface area contributed by atoms with Gasteiger partial charge in [-0.25, -0.2) is 0 Å². The summed E-state index contributed by atoms with van der Waals surface area (Å²) in [6, 6.07) is 12.9. The first-order valence-corrected chi connectivity index (χ1v) is 12.2. The molecule has 2 aliphatic rings. The van der Waals surface area contributed by atoms with E-state index in [0.29, 0.717) is 42.8 Å². The summed E-state index contributed by atoms with van der Waals surface area (Å²) in [7, 11) is 0. The smallest absolute Gasteiger partial charge is 0.306 e. The molecule has 180 valence electrons. The molecule has 1 saturated carbocycles. The van der Waals surface area contributed by atoms with Crippen molar-refractivity contribution in [1.82, 2.24) is 10.6 Å². The maximum Gasteiger partial charge on any atom is 0.306 e. The predicted molar refractivity (Wildman–Crippen MR) is 128 cm³/mol. The number of nitrogens with one attached hydrogen (secondary N) is 2. The second-order valence-electron chi connectivity index (χ2n) is 9.16. The summed E-state index contributed by atoms with van der Waals surface area (Å²) in [6.45, 7) is 0.683. The molecule has 0 aliphatic heterocycles. The minimum Gasteiger partial charge on any atom is -0.490 e. The van der Waals surface area contributed by atoms with E-state index in [9.17, 15) is 14.4 Å². The first-order valence-electron chi connectivity index (χ1n) is 12.2. The topological polar surface area (TPSA) is 105 Å². The summed E-state index contributed by atoms with van der Waals surface area (Å²) in [5.74, 6) is -0.661. The van der Waals surface area contributed by atoms with Crippen LogP contribution in [0, 0.1) is 5.92 Å². The summed E-state index contributed by atoms with van der Waals surface area (Å²) in [5, 5.41) is 14.8. The molecule has 7 nitrogen and oxygen atoms in total. The Bertz CT molecular complexity index is 1030. The number of carbonyl (C=O) groups is 3. The van der Waals surface area contributed by atoms with Crippen LogP contribution in [-0.2, 0) is 17.6 Å². The summed E-state index contributed by atoms with van der Waals surface area (Å²) < 4.78 is 5.95. The van der Waals surface area contributed by atoms with Gasteiger partial charge in [0.15, 0.2) is 0 Å². The zero-order valence-corrected chi connectivity index (χ0v) is 19.3. The highest BCUT2D eigenvalue weighted by molar-refractivity contribution is 5.95. The molecule has 2 aromatic carbocycles. The van der Waals surface area contributed by atoms with Crippen molar-refractivity contribution in [3.8, 4) is 5.75 Å². The van der Waals surface area contributed by atoms with Crippen molar-refractivity contribution >= 4 is 17.8 Å². The number of carbonyl (C=O) groups excluding carboxylic acids is 2. The van der Waals surface area contributed by atoms with Crippen LogP contribution in [0.25, 0.3) is 0 Å². The molecule has 7 heteroatoms. The Hall–Kier alpha value is -3.35. The molecule has 3 N–H and O–H groups in total. The molecule has 0 bridgehead atoms. The minimum atomic E-state index is -0.730. The van der Waals surface area contributed by atoms with Crippen LogP contribution < -0.4 is 15.4 Å². The average molecular weight is 465 g/mol. The first-order chi connectivity index (χ1) is 16.5. The maximum absolute atomic E-state index is 12.4. The van der Waals surface area contributed by atoms with Gasteiger partial charge < -0.3 is 20.5 Å². The molecule has 0 spiro atoms. The van der Waals surface area contributed by atoms with Crippen LogP contribution in [0.3, 0.4) is 0 Å². The van der Waals surface area contributed by atoms with Crippen LogP contribution in [0.5, 0.6) is 5.75 Å². The van der Waals surface area contributed by atoms with Gasteiger partial charge >= 0.3 is 5.97 Å². The van der Waals surface area contributed by atoms with E-state index in [1.165, 1.54) is 24.0 Å². The number of ether oxygens (including phenoxy) is 1. The Kier molecular flexibility index (Phi) is 7.83. The highest BCUT2D eigenvalue weighted by Crippen LogP contribution is 2.28. The number of benzene rings is 2. The van der Waals surface area contributed by atoms with Crippen LogP contribution in [0.2, 0.25) is 0 Å². The Morgan fingerprint density at radius 1 is 0.794 bits per heavy atom. The van der Waals surface area contributed by atoms with Gasteiger partial charge in [-0.05, 0) is 98.9 Å². The zero-order chi connectivity index (χ0) is 23.9. The molecule has 4 rings (SSSR count). The predicted octanol–water partition coefficient (Wildman–Crippen LogP) is 3.75. The number of hydrogen-bond donors (Lipinski definition) is 3. The Balaban J connectivity index is 1.18. The molecule has 2 aliphatic carbocycles. The van der Waals surface area contributed by atoms with Gasteiger partial charge in [0.05, 0.1) is 12.0 Å². The van der Waals surface area contributed by atoms with Crippen molar-refractivity contribution in [2.75, 3.05) is 13.1 Å². The molecule has 0 unspecified atom stereocenters. The van der Waals surface area contributed by atoms with Crippen molar-refractivity contribution in [2.24, 2.45) is 5.92 Å². The molecule has 0 atom stereocenters. The molecule has 34 heavy (non-hydrogen) atoms. The van der Waals surface area contributed by atoms with E-state index >= 15 is 0 Å². The highest BCUT2D eigenvalue weighted by atomic mass is 16.5. The lowest BCUT2D eigenvalue weighted by atomic mass is 9.87. The molecule has 0 aromatic heterocycles. The third kappa shape index (κ3) is 6.16. The van der Waals surface area contributed by atoms with Crippen molar-refractivity contribution in [2.45, 2.75) is 57.5 Å². The largest absolute Gasteiger partial charge is 0.490 e. The molecule has 0 saturated heterocycles. The van der Waals surface area contributed by atoms with Gasteiger partial charge in [-0.1, -0.05) is 6.07 Å². The lowest BCUT2D eigenvalue weighted by molar-refractivity contribution is -0.143. The summed E-state index contributed by atoms with van der Waals surface area (Å²) in [4.78, 5) is 35.9. The number of amides is 2. The Morgan fingerprint density at radius 2 is 1.38 bits per heavy atom. The van der Waals surface area contributed by atoms with Gasteiger partial charge in [0.2, 0.25) is 0 Å². The van der Waals surface area contributed by atoms with E-state index in [0.717, 1.165) is 25.7 Å². The monoisotopic (exact) mass is 464 g/mol. The number of hydrogen-bond acceptors (Lipinski definition) is 4. The second kappa shape index (κ2) is 11.2. The minimum absolute atomic E-state index is 0.00834. The molecule has 0 radical (unpaired) electrons. The van der Waals surface area contributed by atoms with Gasteiger partial charge in [0, 0.05) is 24.2 Å². The van der Waals surface area contributed by atoms with E-state index in [1.54, 1.807) is 24.3 Å². The van der Waals surface area contributed by atoms with Gasteiger partial charge in [0.1, 0.15) is 5.75 Å². The van der Waals surface area contributed by atoms with Gasteiger partial charge in [0.25, 0.3) is 11.8 Å². The number of fused-ring (bicyclic) bond motifs is 1. The van der Waals surface area contributed by atoms with Crippen LogP contribution in [-0.4, -0.2) is 42.1 Å². The summed E-state index contributed by atoms with van der Waals surface area (Å²) >= 11 is 0. The van der Waals surface area contributed by atoms with Crippen LogP contribution in [0.4, 0.5) is 0 Å². The average Bonchev–Trinajstić information content (AvgIpc) is 2.87. The lowest BCUT2D eigenvalue weighted by Gasteiger charge is -2.26. The number of aliphatic carboxylic acids is 1. The fourth-order valence-corrected chi connectivity index (χ4v) is 4.74. The first kappa shape index (κ1) is 23.8. The number of rotatable bonds is 8. The fraction of sp³-hybridized carbons (Fsp3) is 0.444. The van der Waals surface area contributed by atoms with Crippen LogP contribution >= 0.6 is 0 Å². The third-order valence-electron chi connectivity index (χ3n) is 6.75. The zero-order valence-electron chi connectivity index (χ0n) is 19.3. The van der Waals surface area contributed by atoms with Crippen LogP contribution in [0.15, 0.2) is 42.5 Å². The second-order valence-corrected chi connectivity index (χ2v) is 9.16. The van der Waals surface area contributed by atoms with E-state index in [2.05, 4.69) is 16.7 Å². The molecule has 1 fully saturated rings. The summed E-state index contributed by atoms with van der Waals surface area (Å²) in [5.41, 5.74) is 3.80. The third-order valence-corrected chi connectivity index (χ3v) is 6.75. The van der Waals surface area contributed by atoms with E-state index in [1.807, 2.05) is 12.1 Å². The van der Waals surface area contributed by atoms with Gasteiger partial charge in [-0.2, -0.15) is 0 Å². The number of carboxylic acids is 1. The molecule has 0 heterocycles. The number of carboxylic acid groups (broad SMARTS) is 1.